The first-order chi connectivity index (χ1) is 16.8. The van der Waals surface area contributed by atoms with E-state index in [1.807, 2.05) is 0 Å². The van der Waals surface area contributed by atoms with Gasteiger partial charge in [-0.1, -0.05) is 11.6 Å². The summed E-state index contributed by atoms with van der Waals surface area (Å²) in [6.45, 7) is 0.614. The van der Waals surface area contributed by atoms with Crippen molar-refractivity contribution < 1.29 is 30.7 Å². The van der Waals surface area contributed by atoms with Gasteiger partial charge < -0.3 is 9.88 Å². The molecule has 0 amide bonds. The molecule has 0 aliphatic carbocycles. The van der Waals surface area contributed by atoms with Crippen LogP contribution in [0.2, 0.25) is 5.02 Å². The molecule has 2 heterocycles. The van der Waals surface area contributed by atoms with Crippen LogP contribution in [0.15, 0.2) is 35.4 Å². The zero-order chi connectivity index (χ0) is 26.4. The number of aryl methyl sites for hydroxylation is 2. The number of anilines is 3. The summed E-state index contributed by atoms with van der Waals surface area (Å²) in [5, 5.41) is 2.85. The molecule has 4 rings (SSSR count). The number of hydrogen-bond acceptors (Lipinski definition) is 6. The van der Waals surface area contributed by atoms with Crippen molar-refractivity contribution in [3.05, 3.63) is 57.3 Å². The highest BCUT2D eigenvalue weighted by atomic mass is 35.5. The lowest BCUT2D eigenvalue weighted by molar-refractivity contribution is -0.330. The molecular formula is C21H20ClF4N5O4S. The molecule has 1 saturated heterocycles. The maximum atomic E-state index is 14.7. The van der Waals surface area contributed by atoms with Crippen LogP contribution in [0, 0.1) is 18.7 Å². The van der Waals surface area contributed by atoms with E-state index >= 15 is 0 Å². The molecule has 0 saturated carbocycles. The van der Waals surface area contributed by atoms with Gasteiger partial charge in [0.2, 0.25) is 0 Å². The number of benzene rings is 2. The average molecular weight is 550 g/mol. The summed E-state index contributed by atoms with van der Waals surface area (Å²) in [6.07, 6.45) is -3.41. The predicted octanol–water partition coefficient (Wildman–Crippen LogP) is 3.90. The molecule has 2 N–H and O–H groups in total. The maximum absolute atomic E-state index is 14.7. The van der Waals surface area contributed by atoms with Crippen molar-refractivity contribution in [1.29, 1.82) is 0 Å². The van der Waals surface area contributed by atoms with E-state index in [2.05, 4.69) is 19.8 Å². The van der Waals surface area contributed by atoms with Crippen LogP contribution in [-0.4, -0.2) is 48.3 Å². The number of ether oxygens (including phenoxy) is 1. The minimum absolute atomic E-state index is 0.147. The Labute approximate surface area is 207 Å². The molecule has 15 heteroatoms. The highest BCUT2D eigenvalue weighted by molar-refractivity contribution is 7.90. The molecule has 0 spiro atoms. The Morgan fingerprint density at radius 1 is 1.19 bits per heavy atom. The monoisotopic (exact) mass is 549 g/mol. The molecule has 36 heavy (non-hydrogen) atoms. The number of aromatic nitrogens is 2. The van der Waals surface area contributed by atoms with Crippen molar-refractivity contribution in [2.24, 2.45) is 13.0 Å². The topological polar surface area (TPSA) is 106 Å². The minimum Gasteiger partial charge on any atom is -0.352 e. The van der Waals surface area contributed by atoms with Gasteiger partial charge in [0.15, 0.2) is 0 Å². The Kier molecular flexibility index (Phi) is 6.90. The van der Waals surface area contributed by atoms with E-state index in [0.717, 1.165) is 16.4 Å². The summed E-state index contributed by atoms with van der Waals surface area (Å²) in [5.74, 6) is -1.41. The third-order valence-electron chi connectivity index (χ3n) is 5.68. The smallest absolute Gasteiger partial charge is 0.352 e. The van der Waals surface area contributed by atoms with Crippen LogP contribution >= 0.6 is 11.6 Å². The average Bonchev–Trinajstić information content (AvgIpc) is 2.75. The lowest BCUT2D eigenvalue weighted by Crippen LogP contribution is -2.53. The second kappa shape index (κ2) is 9.50. The zero-order valence-electron chi connectivity index (χ0n) is 18.9. The molecule has 2 aromatic carbocycles. The summed E-state index contributed by atoms with van der Waals surface area (Å²) in [6, 6.07) is 5.28. The van der Waals surface area contributed by atoms with Gasteiger partial charge in [-0.15, -0.1) is 13.2 Å². The van der Waals surface area contributed by atoms with E-state index in [9.17, 15) is 30.8 Å². The molecule has 0 radical (unpaired) electrons. The molecule has 1 aromatic heterocycles. The van der Waals surface area contributed by atoms with Gasteiger partial charge in [0, 0.05) is 31.7 Å². The van der Waals surface area contributed by atoms with E-state index < -0.39 is 34.9 Å². The first-order valence-electron chi connectivity index (χ1n) is 10.5. The Morgan fingerprint density at radius 3 is 2.53 bits per heavy atom. The van der Waals surface area contributed by atoms with Crippen molar-refractivity contribution in [3.8, 4) is 0 Å². The van der Waals surface area contributed by atoms with Crippen LogP contribution in [0.25, 0.3) is 10.9 Å². The van der Waals surface area contributed by atoms with Crippen LogP contribution in [0.4, 0.5) is 34.6 Å². The first kappa shape index (κ1) is 26.1. The van der Waals surface area contributed by atoms with Gasteiger partial charge >= 0.3 is 16.6 Å². The fourth-order valence-corrected chi connectivity index (χ4v) is 5.40. The molecule has 0 atom stereocenters. The van der Waals surface area contributed by atoms with E-state index in [1.54, 1.807) is 26.1 Å². The standard InChI is InChI=1S/C21H20ClF4N5O4S/c1-11-14(5-6-15-17(11)20(32)30(2)10-27-15)28-19-13(23)3-4-16(18(19)22)29-36(33,34)31-7-12(8-31)9-35-21(24,25)26/h3-6,10,12,28-29H,7-9H2,1-2H3. The molecule has 0 unspecified atom stereocenters. The lowest BCUT2D eigenvalue weighted by atomic mass is 10.1. The van der Waals surface area contributed by atoms with Crippen LogP contribution in [0.1, 0.15) is 5.56 Å². The molecule has 1 aliphatic rings. The Hall–Kier alpha value is -2.94. The molecular weight excluding hydrogens is 530 g/mol. The van der Waals surface area contributed by atoms with Gasteiger partial charge in [-0.2, -0.15) is 12.7 Å². The summed E-state index contributed by atoms with van der Waals surface area (Å²) in [7, 11) is -2.63. The Bertz CT molecular complexity index is 1490. The van der Waals surface area contributed by atoms with Crippen molar-refractivity contribution in [1.82, 2.24) is 13.9 Å². The fourth-order valence-electron chi connectivity index (χ4n) is 3.71. The highest BCUT2D eigenvalue weighted by Crippen LogP contribution is 2.37. The normalized spacial score (nSPS) is 15.2. The van der Waals surface area contributed by atoms with Gasteiger partial charge in [-0.25, -0.2) is 9.37 Å². The van der Waals surface area contributed by atoms with Gasteiger partial charge in [-0.3, -0.25) is 14.3 Å². The van der Waals surface area contributed by atoms with Gasteiger partial charge in [0.25, 0.3) is 5.56 Å². The third-order valence-corrected chi connectivity index (χ3v) is 7.53. The lowest BCUT2D eigenvalue weighted by Gasteiger charge is -2.37. The first-order valence-corrected chi connectivity index (χ1v) is 12.3. The van der Waals surface area contributed by atoms with E-state index in [0.29, 0.717) is 22.2 Å². The Morgan fingerprint density at radius 2 is 1.86 bits per heavy atom. The minimum atomic E-state index is -4.80. The number of hydrogen-bond donors (Lipinski definition) is 2. The summed E-state index contributed by atoms with van der Waals surface area (Å²) >= 11 is 6.32. The van der Waals surface area contributed by atoms with Crippen molar-refractivity contribution in [3.63, 3.8) is 0 Å². The second-order valence-corrected chi connectivity index (χ2v) is 10.3. The fraction of sp³-hybridized carbons (Fsp3) is 0.333. The molecule has 0 bridgehead atoms. The second-order valence-electron chi connectivity index (χ2n) is 8.25. The van der Waals surface area contributed by atoms with Gasteiger partial charge in [0.1, 0.15) is 5.82 Å². The van der Waals surface area contributed by atoms with Crippen LogP contribution in [0.3, 0.4) is 0 Å². The van der Waals surface area contributed by atoms with Crippen molar-refractivity contribution >= 4 is 49.8 Å². The predicted molar refractivity (Wildman–Crippen MR) is 126 cm³/mol. The maximum Gasteiger partial charge on any atom is 0.522 e. The molecule has 9 nitrogen and oxygen atoms in total. The quantitative estimate of drug-likeness (QED) is 0.433. The third kappa shape index (κ3) is 5.26. The van der Waals surface area contributed by atoms with Crippen LogP contribution in [-0.2, 0) is 22.0 Å². The van der Waals surface area contributed by atoms with Crippen molar-refractivity contribution in [2.45, 2.75) is 13.3 Å². The van der Waals surface area contributed by atoms with Gasteiger partial charge in [-0.05, 0) is 36.8 Å². The zero-order valence-corrected chi connectivity index (χ0v) is 20.4. The Balaban J connectivity index is 1.55. The van der Waals surface area contributed by atoms with E-state index in [-0.39, 0.29) is 35.0 Å². The number of nitrogens with zero attached hydrogens (tertiary/aromatic N) is 3. The van der Waals surface area contributed by atoms with E-state index in [4.69, 9.17) is 11.6 Å². The number of fused-ring (bicyclic) bond motifs is 1. The summed E-state index contributed by atoms with van der Waals surface area (Å²) in [4.78, 5) is 16.7. The van der Waals surface area contributed by atoms with E-state index in [1.165, 1.54) is 10.9 Å². The molecule has 3 aromatic rings. The largest absolute Gasteiger partial charge is 0.522 e. The van der Waals surface area contributed by atoms with Crippen molar-refractivity contribution in [2.75, 3.05) is 29.7 Å². The van der Waals surface area contributed by atoms with Crippen LogP contribution < -0.4 is 15.6 Å². The SMILES string of the molecule is Cc1c(Nc2c(F)ccc(NS(=O)(=O)N3CC(COC(F)(F)F)C3)c2Cl)ccc2ncn(C)c(=O)c12. The van der Waals surface area contributed by atoms with Crippen LogP contribution in [0.5, 0.6) is 0 Å². The number of alkyl halides is 3. The molecule has 1 fully saturated rings. The summed E-state index contributed by atoms with van der Waals surface area (Å²) in [5.41, 5.74) is 0.594. The number of rotatable bonds is 7. The summed E-state index contributed by atoms with van der Waals surface area (Å²) < 4.78 is 84.7. The highest BCUT2D eigenvalue weighted by Gasteiger charge is 2.39. The van der Waals surface area contributed by atoms with Gasteiger partial charge in [0.05, 0.1) is 40.2 Å². The molecule has 194 valence electrons. The number of nitrogens with one attached hydrogen (secondary N) is 2. The molecule has 1 aliphatic heterocycles. The number of halogens is 5.